The molecule has 1 aromatic rings. The maximum atomic E-state index is 5.91. The van der Waals surface area contributed by atoms with Crippen LogP contribution in [-0.2, 0) is 0 Å². The zero-order valence-electron chi connectivity index (χ0n) is 12.6. The Labute approximate surface area is 116 Å². The number of benzene rings is 1. The SMILES string of the molecule is CN(C)C(CN=C(N)NC(C)(C)C)c1ccccc1. The average Bonchev–Trinajstić information content (AvgIpc) is 2.27. The minimum atomic E-state index is -0.0616. The van der Waals surface area contributed by atoms with Gasteiger partial charge in [-0.15, -0.1) is 0 Å². The van der Waals surface area contributed by atoms with E-state index < -0.39 is 0 Å². The number of nitrogens with two attached hydrogens (primary N) is 1. The van der Waals surface area contributed by atoms with Crippen LogP contribution in [0.15, 0.2) is 35.3 Å². The van der Waals surface area contributed by atoms with Gasteiger partial charge in [0.25, 0.3) is 0 Å². The second-order valence-electron chi connectivity index (χ2n) is 5.99. The number of hydrogen-bond acceptors (Lipinski definition) is 2. The summed E-state index contributed by atoms with van der Waals surface area (Å²) in [5.74, 6) is 0.496. The molecule has 1 unspecified atom stereocenters. The molecule has 0 aliphatic heterocycles. The first-order valence-corrected chi connectivity index (χ1v) is 6.59. The van der Waals surface area contributed by atoms with Crippen molar-refractivity contribution in [1.82, 2.24) is 10.2 Å². The minimum absolute atomic E-state index is 0.0616. The Morgan fingerprint density at radius 3 is 2.32 bits per heavy atom. The summed E-state index contributed by atoms with van der Waals surface area (Å²) >= 11 is 0. The number of nitrogens with zero attached hydrogens (tertiary/aromatic N) is 2. The summed E-state index contributed by atoms with van der Waals surface area (Å²) in [5.41, 5.74) is 7.09. The Balaban J connectivity index is 2.73. The van der Waals surface area contributed by atoms with E-state index in [0.717, 1.165) is 0 Å². The molecule has 0 amide bonds. The van der Waals surface area contributed by atoms with Crippen molar-refractivity contribution in [3.05, 3.63) is 35.9 Å². The quantitative estimate of drug-likeness (QED) is 0.644. The fourth-order valence-electron chi connectivity index (χ4n) is 1.85. The van der Waals surface area contributed by atoms with E-state index in [1.165, 1.54) is 5.56 Å². The van der Waals surface area contributed by atoms with Crippen LogP contribution < -0.4 is 11.1 Å². The van der Waals surface area contributed by atoms with Gasteiger partial charge in [0.1, 0.15) is 0 Å². The van der Waals surface area contributed by atoms with E-state index in [-0.39, 0.29) is 11.6 Å². The summed E-state index contributed by atoms with van der Waals surface area (Å²) in [6.07, 6.45) is 0. The van der Waals surface area contributed by atoms with Gasteiger partial charge in [0.2, 0.25) is 0 Å². The lowest BCUT2D eigenvalue weighted by atomic mass is 10.1. The smallest absolute Gasteiger partial charge is 0.189 e. The van der Waals surface area contributed by atoms with Gasteiger partial charge in [0.15, 0.2) is 5.96 Å². The number of likely N-dealkylation sites (N-methyl/N-ethyl adjacent to an activating group) is 1. The molecule has 0 aliphatic rings. The highest BCUT2D eigenvalue weighted by molar-refractivity contribution is 5.78. The van der Waals surface area contributed by atoms with Crippen LogP contribution in [-0.4, -0.2) is 37.0 Å². The first-order valence-electron chi connectivity index (χ1n) is 6.59. The fraction of sp³-hybridized carbons (Fsp3) is 0.533. The van der Waals surface area contributed by atoms with E-state index in [1.54, 1.807) is 0 Å². The lowest BCUT2D eigenvalue weighted by molar-refractivity contribution is 0.306. The molecular weight excluding hydrogens is 236 g/mol. The normalized spacial score (nSPS) is 14.5. The monoisotopic (exact) mass is 262 g/mol. The van der Waals surface area contributed by atoms with Gasteiger partial charge in [0, 0.05) is 5.54 Å². The number of guanidine groups is 1. The van der Waals surface area contributed by atoms with Gasteiger partial charge in [-0.05, 0) is 40.4 Å². The summed E-state index contributed by atoms with van der Waals surface area (Å²) in [5, 5.41) is 3.17. The molecule has 0 bridgehead atoms. The Bertz CT molecular complexity index is 404. The molecule has 1 rings (SSSR count). The number of aliphatic imine (C=N–C) groups is 1. The molecule has 19 heavy (non-hydrogen) atoms. The molecule has 0 saturated heterocycles. The third kappa shape index (κ3) is 5.75. The largest absolute Gasteiger partial charge is 0.370 e. The minimum Gasteiger partial charge on any atom is -0.370 e. The Hall–Kier alpha value is -1.55. The van der Waals surface area contributed by atoms with Gasteiger partial charge >= 0.3 is 0 Å². The molecule has 4 nitrogen and oxygen atoms in total. The summed E-state index contributed by atoms with van der Waals surface area (Å²) in [6, 6.07) is 10.6. The maximum Gasteiger partial charge on any atom is 0.189 e. The van der Waals surface area contributed by atoms with Crippen molar-refractivity contribution in [1.29, 1.82) is 0 Å². The van der Waals surface area contributed by atoms with Crippen molar-refractivity contribution >= 4 is 5.96 Å². The van der Waals surface area contributed by atoms with Crippen LogP contribution in [0.4, 0.5) is 0 Å². The first-order chi connectivity index (χ1) is 8.79. The number of rotatable bonds is 4. The van der Waals surface area contributed by atoms with Crippen LogP contribution in [0.2, 0.25) is 0 Å². The van der Waals surface area contributed by atoms with Crippen LogP contribution in [0.1, 0.15) is 32.4 Å². The van der Waals surface area contributed by atoms with E-state index in [4.69, 9.17) is 5.73 Å². The Kier molecular flexibility index (Phi) is 5.36. The van der Waals surface area contributed by atoms with E-state index in [0.29, 0.717) is 12.5 Å². The molecule has 1 atom stereocenters. The Morgan fingerprint density at radius 1 is 1.26 bits per heavy atom. The van der Waals surface area contributed by atoms with Crippen molar-refractivity contribution in [3.63, 3.8) is 0 Å². The first kappa shape index (κ1) is 15.5. The van der Waals surface area contributed by atoms with Gasteiger partial charge in [-0.3, -0.25) is 4.99 Å². The van der Waals surface area contributed by atoms with Crippen molar-refractivity contribution in [3.8, 4) is 0 Å². The molecule has 106 valence electrons. The third-order valence-electron chi connectivity index (χ3n) is 2.75. The van der Waals surface area contributed by atoms with E-state index in [2.05, 4.69) is 62.2 Å². The molecule has 0 fully saturated rings. The van der Waals surface area contributed by atoms with Crippen LogP contribution in [0.5, 0.6) is 0 Å². The lowest BCUT2D eigenvalue weighted by Gasteiger charge is -2.25. The molecule has 0 aliphatic carbocycles. The highest BCUT2D eigenvalue weighted by Gasteiger charge is 2.14. The van der Waals surface area contributed by atoms with Crippen molar-refractivity contribution < 1.29 is 0 Å². The molecule has 1 aromatic carbocycles. The van der Waals surface area contributed by atoms with Gasteiger partial charge in [-0.2, -0.15) is 0 Å². The topological polar surface area (TPSA) is 53.6 Å². The molecule has 3 N–H and O–H groups in total. The predicted octanol–water partition coefficient (Wildman–Crippen LogP) is 1.99. The van der Waals surface area contributed by atoms with Crippen LogP contribution in [0.25, 0.3) is 0 Å². The van der Waals surface area contributed by atoms with E-state index in [9.17, 15) is 0 Å². The molecule has 0 aromatic heterocycles. The maximum absolute atomic E-state index is 5.91. The average molecular weight is 262 g/mol. The summed E-state index contributed by atoms with van der Waals surface area (Å²) in [6.45, 7) is 6.84. The molecule has 0 spiro atoms. The van der Waals surface area contributed by atoms with Gasteiger partial charge < -0.3 is 16.0 Å². The fourth-order valence-corrected chi connectivity index (χ4v) is 1.85. The summed E-state index contributed by atoms with van der Waals surface area (Å²) in [7, 11) is 4.11. The zero-order valence-corrected chi connectivity index (χ0v) is 12.6. The molecule has 0 saturated carbocycles. The van der Waals surface area contributed by atoms with E-state index >= 15 is 0 Å². The van der Waals surface area contributed by atoms with Gasteiger partial charge in [0.05, 0.1) is 12.6 Å². The molecule has 0 radical (unpaired) electrons. The number of nitrogens with one attached hydrogen (secondary N) is 1. The predicted molar refractivity (Wildman–Crippen MR) is 82.2 cm³/mol. The number of hydrogen-bond donors (Lipinski definition) is 2. The molecular formula is C15H26N4. The van der Waals surface area contributed by atoms with Crippen molar-refractivity contribution in [2.45, 2.75) is 32.4 Å². The van der Waals surface area contributed by atoms with Gasteiger partial charge in [-0.1, -0.05) is 30.3 Å². The molecule has 4 heteroatoms. The highest BCUT2D eigenvalue weighted by atomic mass is 15.2. The zero-order chi connectivity index (χ0) is 14.5. The molecule has 0 heterocycles. The second kappa shape index (κ2) is 6.57. The van der Waals surface area contributed by atoms with E-state index in [1.807, 2.05) is 18.2 Å². The summed E-state index contributed by atoms with van der Waals surface area (Å²) in [4.78, 5) is 6.61. The highest BCUT2D eigenvalue weighted by Crippen LogP contribution is 2.17. The van der Waals surface area contributed by atoms with Crippen molar-refractivity contribution in [2.75, 3.05) is 20.6 Å². The third-order valence-corrected chi connectivity index (χ3v) is 2.75. The summed E-state index contributed by atoms with van der Waals surface area (Å²) < 4.78 is 0. The van der Waals surface area contributed by atoms with Crippen LogP contribution in [0, 0.1) is 0 Å². The van der Waals surface area contributed by atoms with Crippen molar-refractivity contribution in [2.24, 2.45) is 10.7 Å². The van der Waals surface area contributed by atoms with Crippen LogP contribution >= 0.6 is 0 Å². The standard InChI is InChI=1S/C15H26N4/c1-15(2,3)18-14(16)17-11-13(19(4)5)12-9-7-6-8-10-12/h6-10,13H,11H2,1-5H3,(H3,16,17,18). The van der Waals surface area contributed by atoms with Crippen LogP contribution in [0.3, 0.4) is 0 Å². The Morgan fingerprint density at radius 2 is 1.84 bits per heavy atom. The lowest BCUT2D eigenvalue weighted by Crippen LogP contribution is -2.45. The van der Waals surface area contributed by atoms with Gasteiger partial charge in [-0.25, -0.2) is 0 Å². The second-order valence-corrected chi connectivity index (χ2v) is 5.99.